The summed E-state index contributed by atoms with van der Waals surface area (Å²) in [4.78, 5) is 28.1. The maximum atomic E-state index is 12.1. The lowest BCUT2D eigenvalue weighted by atomic mass is 10.2. The molecule has 4 rings (SSSR count). The first-order valence-corrected chi connectivity index (χ1v) is 10.8. The molecular formula is C21H17BrN4O3S. The van der Waals surface area contributed by atoms with Crippen LogP contribution in [0.15, 0.2) is 67.6 Å². The molecule has 0 fully saturated rings. The van der Waals surface area contributed by atoms with E-state index in [0.29, 0.717) is 34.0 Å². The molecule has 152 valence electrons. The highest BCUT2D eigenvalue weighted by atomic mass is 79.9. The van der Waals surface area contributed by atoms with Gasteiger partial charge < -0.3 is 14.1 Å². The Morgan fingerprint density at radius 2 is 2.10 bits per heavy atom. The number of aromatic amines is 1. The SMILES string of the molecule is COc1ccc(Br)cc1-c1nc(CSc2nc(-c3cccnc3)cc(=O)[nH]2)c(C)o1. The normalized spacial score (nSPS) is 10.9. The van der Waals surface area contributed by atoms with Crippen LogP contribution in [0, 0.1) is 6.92 Å². The Bertz CT molecular complexity index is 1240. The highest BCUT2D eigenvalue weighted by Crippen LogP contribution is 2.34. The standard InChI is InChI=1S/C21H17BrN4O3S/c1-12-17(24-20(29-12)15-8-14(22)5-6-18(15)28-2)11-30-21-25-16(9-19(27)26-21)13-4-3-7-23-10-13/h3-10H,11H2,1-2H3,(H,25,26,27). The number of thioether (sulfide) groups is 1. The number of ether oxygens (including phenoxy) is 1. The van der Waals surface area contributed by atoms with Crippen LogP contribution < -0.4 is 10.3 Å². The van der Waals surface area contributed by atoms with Gasteiger partial charge in [-0.05, 0) is 37.3 Å². The highest BCUT2D eigenvalue weighted by molar-refractivity contribution is 9.10. The molecule has 0 atom stereocenters. The minimum Gasteiger partial charge on any atom is -0.496 e. The summed E-state index contributed by atoms with van der Waals surface area (Å²) in [7, 11) is 1.61. The van der Waals surface area contributed by atoms with E-state index in [1.807, 2.05) is 37.3 Å². The molecule has 0 amide bonds. The Kier molecular flexibility index (Phi) is 6.01. The fraction of sp³-hybridized carbons (Fsp3) is 0.143. The number of hydrogen-bond acceptors (Lipinski definition) is 7. The van der Waals surface area contributed by atoms with E-state index in [9.17, 15) is 4.79 Å². The van der Waals surface area contributed by atoms with Crippen molar-refractivity contribution >= 4 is 27.7 Å². The van der Waals surface area contributed by atoms with Gasteiger partial charge in [0.15, 0.2) is 5.16 Å². The Balaban J connectivity index is 1.58. The Morgan fingerprint density at radius 3 is 2.87 bits per heavy atom. The number of benzene rings is 1. The van der Waals surface area contributed by atoms with Gasteiger partial charge in [-0.25, -0.2) is 9.97 Å². The van der Waals surface area contributed by atoms with Crippen molar-refractivity contribution in [2.24, 2.45) is 0 Å². The zero-order valence-electron chi connectivity index (χ0n) is 16.2. The van der Waals surface area contributed by atoms with E-state index in [4.69, 9.17) is 9.15 Å². The number of oxazole rings is 1. The quantitative estimate of drug-likeness (QED) is 0.308. The molecule has 0 saturated carbocycles. The lowest BCUT2D eigenvalue weighted by molar-refractivity contribution is 0.414. The summed E-state index contributed by atoms with van der Waals surface area (Å²) in [5, 5.41) is 0.505. The van der Waals surface area contributed by atoms with Gasteiger partial charge in [0.25, 0.3) is 5.56 Å². The van der Waals surface area contributed by atoms with Crippen molar-refractivity contribution < 1.29 is 9.15 Å². The predicted molar refractivity (Wildman–Crippen MR) is 119 cm³/mol. The smallest absolute Gasteiger partial charge is 0.252 e. The number of nitrogens with one attached hydrogen (secondary N) is 1. The molecular weight excluding hydrogens is 468 g/mol. The van der Waals surface area contributed by atoms with Crippen LogP contribution in [0.2, 0.25) is 0 Å². The van der Waals surface area contributed by atoms with Crippen LogP contribution in [0.5, 0.6) is 5.75 Å². The summed E-state index contributed by atoms with van der Waals surface area (Å²) in [6, 6.07) is 10.8. The molecule has 4 aromatic rings. The fourth-order valence-electron chi connectivity index (χ4n) is 2.83. The second-order valence-electron chi connectivity index (χ2n) is 6.33. The van der Waals surface area contributed by atoms with E-state index in [1.54, 1.807) is 19.5 Å². The van der Waals surface area contributed by atoms with Crippen molar-refractivity contribution in [3.8, 4) is 28.5 Å². The predicted octanol–water partition coefficient (Wildman–Crippen LogP) is 4.86. The Hall–Kier alpha value is -2.91. The molecule has 0 aliphatic rings. The van der Waals surface area contributed by atoms with E-state index in [2.05, 4.69) is 35.9 Å². The van der Waals surface area contributed by atoms with Crippen LogP contribution in [0.1, 0.15) is 11.5 Å². The second-order valence-corrected chi connectivity index (χ2v) is 8.21. The third kappa shape index (κ3) is 4.47. The third-order valence-corrected chi connectivity index (χ3v) is 5.69. The van der Waals surface area contributed by atoms with Crippen molar-refractivity contribution in [1.82, 2.24) is 19.9 Å². The van der Waals surface area contributed by atoms with Crippen LogP contribution >= 0.6 is 27.7 Å². The first kappa shape index (κ1) is 20.4. The van der Waals surface area contributed by atoms with Crippen LogP contribution in [-0.2, 0) is 5.75 Å². The van der Waals surface area contributed by atoms with Crippen molar-refractivity contribution in [2.45, 2.75) is 17.8 Å². The number of pyridine rings is 1. The van der Waals surface area contributed by atoms with E-state index < -0.39 is 0 Å². The average Bonchev–Trinajstić information content (AvgIpc) is 3.13. The van der Waals surface area contributed by atoms with Gasteiger partial charge in [-0.2, -0.15) is 0 Å². The van der Waals surface area contributed by atoms with Gasteiger partial charge in [-0.15, -0.1) is 0 Å². The first-order valence-electron chi connectivity index (χ1n) is 8.98. The van der Waals surface area contributed by atoms with E-state index >= 15 is 0 Å². The van der Waals surface area contributed by atoms with E-state index in [1.165, 1.54) is 17.8 Å². The van der Waals surface area contributed by atoms with Gasteiger partial charge in [-0.3, -0.25) is 9.78 Å². The number of aryl methyl sites for hydroxylation is 1. The Morgan fingerprint density at radius 1 is 1.23 bits per heavy atom. The van der Waals surface area contributed by atoms with Gasteiger partial charge in [-0.1, -0.05) is 27.7 Å². The summed E-state index contributed by atoms with van der Waals surface area (Å²) < 4.78 is 12.2. The summed E-state index contributed by atoms with van der Waals surface area (Å²) in [6.45, 7) is 1.86. The lowest BCUT2D eigenvalue weighted by Gasteiger charge is -2.05. The van der Waals surface area contributed by atoms with Crippen molar-refractivity contribution in [1.29, 1.82) is 0 Å². The summed E-state index contributed by atoms with van der Waals surface area (Å²) in [5.74, 6) is 2.34. The molecule has 0 bridgehead atoms. The van der Waals surface area contributed by atoms with Crippen molar-refractivity contribution in [3.05, 3.63) is 75.1 Å². The Labute approximate surface area is 185 Å². The molecule has 0 radical (unpaired) electrons. The van der Waals surface area contributed by atoms with Crippen LogP contribution in [-0.4, -0.2) is 27.0 Å². The first-order chi connectivity index (χ1) is 14.5. The highest BCUT2D eigenvalue weighted by Gasteiger charge is 2.16. The second kappa shape index (κ2) is 8.85. The molecule has 1 aromatic carbocycles. The average molecular weight is 485 g/mol. The topological polar surface area (TPSA) is 93.9 Å². The number of hydrogen-bond donors (Lipinski definition) is 1. The minimum absolute atomic E-state index is 0.220. The summed E-state index contributed by atoms with van der Waals surface area (Å²) in [5.41, 5.74) is 2.67. The van der Waals surface area contributed by atoms with Crippen LogP contribution in [0.25, 0.3) is 22.7 Å². The van der Waals surface area contributed by atoms with Gasteiger partial charge in [0.05, 0.1) is 24.1 Å². The van der Waals surface area contributed by atoms with Crippen LogP contribution in [0.3, 0.4) is 0 Å². The zero-order chi connectivity index (χ0) is 21.1. The fourth-order valence-corrected chi connectivity index (χ4v) is 4.06. The molecule has 0 saturated heterocycles. The van der Waals surface area contributed by atoms with Crippen molar-refractivity contribution in [2.75, 3.05) is 7.11 Å². The lowest BCUT2D eigenvalue weighted by Crippen LogP contribution is -2.08. The largest absolute Gasteiger partial charge is 0.496 e. The van der Waals surface area contributed by atoms with Gasteiger partial charge in [0.1, 0.15) is 11.5 Å². The molecule has 30 heavy (non-hydrogen) atoms. The number of aromatic nitrogens is 4. The number of methoxy groups -OCH3 is 1. The van der Waals surface area contributed by atoms with Crippen LogP contribution in [0.4, 0.5) is 0 Å². The summed E-state index contributed by atoms with van der Waals surface area (Å²) in [6.07, 6.45) is 3.35. The number of halogens is 1. The molecule has 9 heteroatoms. The van der Waals surface area contributed by atoms with E-state index in [0.717, 1.165) is 21.3 Å². The number of nitrogens with zero attached hydrogens (tertiary/aromatic N) is 3. The molecule has 3 aromatic heterocycles. The maximum absolute atomic E-state index is 12.1. The zero-order valence-corrected chi connectivity index (χ0v) is 18.6. The summed E-state index contributed by atoms with van der Waals surface area (Å²) >= 11 is 4.85. The monoisotopic (exact) mass is 484 g/mol. The molecule has 3 heterocycles. The van der Waals surface area contributed by atoms with E-state index in [-0.39, 0.29) is 5.56 Å². The maximum Gasteiger partial charge on any atom is 0.252 e. The molecule has 0 aliphatic carbocycles. The van der Waals surface area contributed by atoms with Crippen molar-refractivity contribution in [3.63, 3.8) is 0 Å². The molecule has 1 N–H and O–H groups in total. The van der Waals surface area contributed by atoms with Gasteiger partial charge in [0, 0.05) is 34.2 Å². The molecule has 0 aliphatic heterocycles. The van der Waals surface area contributed by atoms with Gasteiger partial charge in [0.2, 0.25) is 5.89 Å². The molecule has 7 nitrogen and oxygen atoms in total. The number of H-pyrrole nitrogens is 1. The third-order valence-electron chi connectivity index (χ3n) is 4.31. The molecule has 0 unspecified atom stereocenters. The number of rotatable bonds is 6. The molecule has 0 spiro atoms. The minimum atomic E-state index is -0.220. The van der Waals surface area contributed by atoms with Gasteiger partial charge >= 0.3 is 0 Å².